The van der Waals surface area contributed by atoms with E-state index in [-0.39, 0.29) is 17.3 Å². The van der Waals surface area contributed by atoms with Crippen LogP contribution in [0, 0.1) is 5.82 Å². The minimum absolute atomic E-state index is 0.00196. The van der Waals surface area contributed by atoms with Crippen LogP contribution in [0.5, 0.6) is 0 Å². The highest BCUT2D eigenvalue weighted by atomic mass is 32.2. The van der Waals surface area contributed by atoms with E-state index in [0.717, 1.165) is 0 Å². The molecule has 2 aromatic rings. The van der Waals surface area contributed by atoms with Crippen molar-refractivity contribution in [3.63, 3.8) is 0 Å². The molecular formula is C14H10F4N2O3S. The summed E-state index contributed by atoms with van der Waals surface area (Å²) in [6, 6.07) is 6.25. The Kier molecular flexibility index (Phi) is 4.52. The van der Waals surface area contributed by atoms with Gasteiger partial charge in [-0.15, -0.1) is 0 Å². The molecule has 0 bridgehead atoms. The number of nitrogens with one attached hydrogen (secondary N) is 1. The Bertz CT molecular complexity index is 878. The van der Waals surface area contributed by atoms with Gasteiger partial charge in [0.25, 0.3) is 10.0 Å². The number of sulfonamides is 1. The van der Waals surface area contributed by atoms with E-state index in [0.29, 0.717) is 12.1 Å². The molecule has 0 heterocycles. The lowest BCUT2D eigenvalue weighted by Crippen LogP contribution is -2.16. The summed E-state index contributed by atoms with van der Waals surface area (Å²) in [5.41, 5.74) is 3.47. The molecule has 0 radical (unpaired) electrons. The van der Waals surface area contributed by atoms with Crippen molar-refractivity contribution in [2.75, 3.05) is 4.72 Å². The first-order chi connectivity index (χ1) is 11.0. The van der Waals surface area contributed by atoms with Crippen molar-refractivity contribution in [1.29, 1.82) is 0 Å². The van der Waals surface area contributed by atoms with Crippen LogP contribution in [0.4, 0.5) is 23.2 Å². The number of nitrogens with two attached hydrogens (primary N) is 1. The van der Waals surface area contributed by atoms with Gasteiger partial charge in [-0.2, -0.15) is 13.2 Å². The number of anilines is 1. The number of hydrogen-bond acceptors (Lipinski definition) is 3. The molecule has 3 N–H and O–H groups in total. The zero-order valence-electron chi connectivity index (χ0n) is 11.8. The number of rotatable bonds is 4. The maximum Gasteiger partial charge on any atom is 0.419 e. The predicted molar refractivity (Wildman–Crippen MR) is 77.2 cm³/mol. The van der Waals surface area contributed by atoms with E-state index >= 15 is 0 Å². The van der Waals surface area contributed by atoms with Crippen molar-refractivity contribution >= 4 is 21.6 Å². The second-order valence-corrected chi connectivity index (χ2v) is 6.37. The SMILES string of the molecule is NC(=O)c1ccc(NS(=O)(=O)c2ccc(F)c(C(F)(F)F)c2)cc1. The minimum atomic E-state index is -5.03. The fraction of sp³-hybridized carbons (Fsp3) is 0.0714. The van der Waals surface area contributed by atoms with Crippen molar-refractivity contribution in [2.45, 2.75) is 11.1 Å². The summed E-state index contributed by atoms with van der Waals surface area (Å²) in [6.07, 6.45) is -5.03. The summed E-state index contributed by atoms with van der Waals surface area (Å²) in [6.45, 7) is 0. The average molecular weight is 362 g/mol. The van der Waals surface area contributed by atoms with Crippen LogP contribution in [-0.2, 0) is 16.2 Å². The number of halogens is 4. The van der Waals surface area contributed by atoms with Crippen molar-refractivity contribution in [3.05, 3.63) is 59.4 Å². The van der Waals surface area contributed by atoms with Crippen LogP contribution in [0.1, 0.15) is 15.9 Å². The second kappa shape index (κ2) is 6.11. The predicted octanol–water partition coefficient (Wildman–Crippen LogP) is 2.74. The summed E-state index contributed by atoms with van der Waals surface area (Å²) in [4.78, 5) is 10.2. The van der Waals surface area contributed by atoms with Crippen LogP contribution < -0.4 is 10.5 Å². The molecule has 2 rings (SSSR count). The molecule has 1 amide bonds. The number of carbonyl (C=O) groups excluding carboxylic acids is 1. The Hall–Kier alpha value is -2.62. The standard InChI is InChI=1S/C14H10F4N2O3S/c15-12-6-5-10(7-11(12)14(16,17)18)24(22,23)20-9-3-1-8(2-4-9)13(19)21/h1-7,20H,(H2,19,21). The van der Waals surface area contributed by atoms with E-state index in [1.165, 1.54) is 24.3 Å². The van der Waals surface area contributed by atoms with Gasteiger partial charge in [-0.05, 0) is 42.5 Å². The maximum atomic E-state index is 13.2. The molecule has 0 aliphatic rings. The van der Waals surface area contributed by atoms with Crippen LogP contribution in [0.2, 0.25) is 0 Å². The van der Waals surface area contributed by atoms with Crippen LogP contribution in [0.25, 0.3) is 0 Å². The van der Waals surface area contributed by atoms with E-state index < -0.39 is 38.4 Å². The molecular weight excluding hydrogens is 352 g/mol. The topological polar surface area (TPSA) is 89.3 Å². The van der Waals surface area contributed by atoms with Gasteiger partial charge in [0.1, 0.15) is 5.82 Å². The lowest BCUT2D eigenvalue weighted by atomic mass is 10.2. The zero-order valence-corrected chi connectivity index (χ0v) is 12.6. The van der Waals surface area contributed by atoms with E-state index in [1.807, 2.05) is 4.72 Å². The van der Waals surface area contributed by atoms with Crippen molar-refractivity contribution in [2.24, 2.45) is 5.73 Å². The quantitative estimate of drug-likeness (QED) is 0.820. The first-order valence-electron chi connectivity index (χ1n) is 6.30. The molecule has 0 aromatic heterocycles. The largest absolute Gasteiger partial charge is 0.419 e. The van der Waals surface area contributed by atoms with Crippen molar-refractivity contribution < 1.29 is 30.8 Å². The Labute approximate surface area is 134 Å². The van der Waals surface area contributed by atoms with E-state index in [9.17, 15) is 30.8 Å². The minimum Gasteiger partial charge on any atom is -0.366 e. The molecule has 24 heavy (non-hydrogen) atoms. The number of hydrogen-bond donors (Lipinski definition) is 2. The Balaban J connectivity index is 2.35. The normalized spacial score (nSPS) is 12.0. The van der Waals surface area contributed by atoms with Gasteiger partial charge in [0.05, 0.1) is 10.5 Å². The molecule has 10 heteroatoms. The van der Waals surface area contributed by atoms with Crippen molar-refractivity contribution in [1.82, 2.24) is 0 Å². The summed E-state index contributed by atoms with van der Waals surface area (Å²) >= 11 is 0. The third-order valence-electron chi connectivity index (χ3n) is 2.98. The van der Waals surface area contributed by atoms with Crippen LogP contribution >= 0.6 is 0 Å². The van der Waals surface area contributed by atoms with Gasteiger partial charge in [0.2, 0.25) is 5.91 Å². The van der Waals surface area contributed by atoms with E-state index in [2.05, 4.69) is 0 Å². The van der Waals surface area contributed by atoms with Gasteiger partial charge < -0.3 is 5.73 Å². The van der Waals surface area contributed by atoms with Gasteiger partial charge >= 0.3 is 6.18 Å². The molecule has 2 aromatic carbocycles. The number of amides is 1. The van der Waals surface area contributed by atoms with Gasteiger partial charge in [-0.25, -0.2) is 12.8 Å². The first-order valence-corrected chi connectivity index (χ1v) is 7.78. The molecule has 0 saturated carbocycles. The molecule has 128 valence electrons. The monoisotopic (exact) mass is 362 g/mol. The Morgan fingerprint density at radius 3 is 2.12 bits per heavy atom. The summed E-state index contributed by atoms with van der Waals surface area (Å²) < 4.78 is 77.5. The van der Waals surface area contributed by atoms with E-state index in [4.69, 9.17) is 5.73 Å². The highest BCUT2D eigenvalue weighted by Gasteiger charge is 2.35. The lowest BCUT2D eigenvalue weighted by molar-refractivity contribution is -0.140. The maximum absolute atomic E-state index is 13.2. The molecule has 0 aliphatic heterocycles. The van der Waals surface area contributed by atoms with Gasteiger partial charge in [-0.3, -0.25) is 9.52 Å². The summed E-state index contributed by atoms with van der Waals surface area (Å²) in [7, 11) is -4.38. The van der Waals surface area contributed by atoms with Crippen molar-refractivity contribution in [3.8, 4) is 0 Å². The smallest absolute Gasteiger partial charge is 0.366 e. The van der Waals surface area contributed by atoms with E-state index in [1.54, 1.807) is 0 Å². The zero-order chi connectivity index (χ0) is 18.1. The van der Waals surface area contributed by atoms with Crippen LogP contribution in [0.15, 0.2) is 47.4 Å². The summed E-state index contributed by atoms with van der Waals surface area (Å²) in [5.74, 6) is -2.30. The summed E-state index contributed by atoms with van der Waals surface area (Å²) in [5, 5.41) is 0. The fourth-order valence-corrected chi connectivity index (χ4v) is 2.89. The fourth-order valence-electron chi connectivity index (χ4n) is 1.81. The highest BCUT2D eigenvalue weighted by Crippen LogP contribution is 2.33. The lowest BCUT2D eigenvalue weighted by Gasteiger charge is -2.12. The number of carbonyl (C=O) groups is 1. The Morgan fingerprint density at radius 2 is 1.62 bits per heavy atom. The molecule has 0 saturated heterocycles. The molecule has 0 unspecified atom stereocenters. The van der Waals surface area contributed by atoms with Gasteiger partial charge in [0, 0.05) is 11.3 Å². The Morgan fingerprint density at radius 1 is 1.04 bits per heavy atom. The third-order valence-corrected chi connectivity index (χ3v) is 4.35. The first kappa shape index (κ1) is 17.7. The van der Waals surface area contributed by atoms with Crippen LogP contribution in [-0.4, -0.2) is 14.3 Å². The highest BCUT2D eigenvalue weighted by molar-refractivity contribution is 7.92. The van der Waals surface area contributed by atoms with Crippen LogP contribution in [0.3, 0.4) is 0 Å². The average Bonchev–Trinajstić information content (AvgIpc) is 2.46. The molecule has 0 aliphatic carbocycles. The number of benzene rings is 2. The number of alkyl halides is 3. The second-order valence-electron chi connectivity index (χ2n) is 4.69. The molecule has 0 atom stereocenters. The molecule has 0 spiro atoms. The number of primary amides is 1. The van der Waals surface area contributed by atoms with Gasteiger partial charge in [-0.1, -0.05) is 0 Å². The third kappa shape index (κ3) is 3.82. The molecule has 5 nitrogen and oxygen atoms in total. The van der Waals surface area contributed by atoms with Gasteiger partial charge in [0.15, 0.2) is 0 Å². The molecule has 0 fully saturated rings.